The maximum Gasteiger partial charge on any atom is 0.309 e. The van der Waals surface area contributed by atoms with E-state index in [0.717, 1.165) is 0 Å². The molecular weight excluding hydrogens is 334 g/mol. The minimum atomic E-state index is -0.866. The van der Waals surface area contributed by atoms with E-state index in [2.05, 4.69) is 0 Å². The number of rotatable bonds is 4. The number of aliphatic carboxylic acids is 1. The number of aryl methyl sites for hydroxylation is 1. The van der Waals surface area contributed by atoms with Crippen molar-refractivity contribution in [3.8, 4) is 0 Å². The highest BCUT2D eigenvalue weighted by molar-refractivity contribution is 6.30. The van der Waals surface area contributed by atoms with Gasteiger partial charge < -0.3 is 19.3 Å². The first kappa shape index (κ1) is 30.0. The lowest BCUT2D eigenvalue weighted by Gasteiger charge is -2.19. The van der Waals surface area contributed by atoms with E-state index < -0.39 is 11.4 Å². The first-order chi connectivity index (χ1) is 11.3. The van der Waals surface area contributed by atoms with Crippen molar-refractivity contribution in [1.82, 2.24) is 4.57 Å². The van der Waals surface area contributed by atoms with E-state index in [4.69, 9.17) is 26.3 Å². The molecule has 0 saturated heterocycles. The molecule has 1 heterocycles. The van der Waals surface area contributed by atoms with Gasteiger partial charge in [0.2, 0.25) is 0 Å². The van der Waals surface area contributed by atoms with E-state index >= 15 is 0 Å². The van der Waals surface area contributed by atoms with Crippen molar-refractivity contribution in [2.24, 2.45) is 5.41 Å². The summed E-state index contributed by atoms with van der Waals surface area (Å²) in [4.78, 5) is 38.3. The minimum absolute atomic E-state index is 0.214. The molecule has 0 saturated carbocycles. The summed E-state index contributed by atoms with van der Waals surface area (Å²) in [6, 6.07) is 2.92. The van der Waals surface area contributed by atoms with Crippen molar-refractivity contribution in [2.45, 2.75) is 54.5 Å². The molecule has 1 aromatic heterocycles. The van der Waals surface area contributed by atoms with Crippen LogP contribution in [0.4, 0.5) is 0 Å². The number of aromatic nitrogens is 1. The van der Waals surface area contributed by atoms with Crippen LogP contribution in [0.3, 0.4) is 0 Å². The van der Waals surface area contributed by atoms with Crippen LogP contribution in [-0.2, 0) is 20.9 Å². The van der Waals surface area contributed by atoms with Gasteiger partial charge in [-0.3, -0.25) is 9.59 Å². The van der Waals surface area contributed by atoms with Crippen molar-refractivity contribution in [2.75, 3.05) is 0 Å². The van der Waals surface area contributed by atoms with E-state index in [1.807, 2.05) is 41.3 Å². The van der Waals surface area contributed by atoms with Crippen LogP contribution in [0.2, 0.25) is 5.02 Å². The molecule has 6 nitrogen and oxygen atoms in total. The molecule has 0 aliphatic heterocycles. The van der Waals surface area contributed by atoms with E-state index in [1.165, 1.54) is 10.6 Å². The quantitative estimate of drug-likeness (QED) is 0.880. The molecule has 1 rings (SSSR count). The summed E-state index contributed by atoms with van der Waals surface area (Å²) in [5, 5.41) is 9.31. The monoisotopic (exact) mass is 363 g/mol. The zero-order valence-corrected chi connectivity index (χ0v) is 16.2. The fourth-order valence-corrected chi connectivity index (χ4v) is 1.32. The predicted molar refractivity (Wildman–Crippen MR) is 98.7 cm³/mol. The number of halogens is 1. The maximum atomic E-state index is 11.5. The zero-order valence-electron chi connectivity index (χ0n) is 15.5. The molecule has 1 N–H and O–H groups in total. The topological polar surface area (TPSA) is 93.4 Å². The van der Waals surface area contributed by atoms with E-state index in [0.29, 0.717) is 18.0 Å². The highest BCUT2D eigenvalue weighted by Gasteiger charge is 2.26. The van der Waals surface area contributed by atoms with Gasteiger partial charge in [0, 0.05) is 23.8 Å². The standard InChI is InChI=1S/C11H14ClNO3.2C2H6.2CH2O/c1-11(2,10(15)16)4-6-13-5-3-8(12)7-9(13)14;4*1-2/h3,5,7H,4,6H2,1-2H3,(H,15,16);2*1-2H3;2*1H2. The van der Waals surface area contributed by atoms with Gasteiger partial charge >= 0.3 is 5.97 Å². The third-order valence-electron chi connectivity index (χ3n) is 2.51. The Morgan fingerprint density at radius 2 is 1.58 bits per heavy atom. The van der Waals surface area contributed by atoms with Crippen LogP contribution in [-0.4, -0.2) is 29.2 Å². The Morgan fingerprint density at radius 3 is 1.92 bits per heavy atom. The Bertz CT molecular complexity index is 484. The number of carboxylic acids is 1. The summed E-state index contributed by atoms with van der Waals surface area (Å²) < 4.78 is 1.45. The fourth-order valence-electron chi connectivity index (χ4n) is 1.18. The van der Waals surface area contributed by atoms with Crippen molar-refractivity contribution in [1.29, 1.82) is 0 Å². The molecule has 0 amide bonds. The summed E-state index contributed by atoms with van der Waals surface area (Å²) in [6.07, 6.45) is 1.96. The van der Waals surface area contributed by atoms with Crippen molar-refractivity contribution in [3.05, 3.63) is 33.7 Å². The second-order valence-corrected chi connectivity index (χ2v) is 4.75. The predicted octanol–water partition coefficient (Wildman–Crippen LogP) is 3.69. The number of hydrogen-bond acceptors (Lipinski definition) is 4. The first-order valence-corrected chi connectivity index (χ1v) is 7.88. The molecule has 24 heavy (non-hydrogen) atoms. The van der Waals surface area contributed by atoms with Crippen LogP contribution in [0.15, 0.2) is 23.1 Å². The number of carboxylic acid groups (broad SMARTS) is 1. The summed E-state index contributed by atoms with van der Waals surface area (Å²) in [7, 11) is 0. The third-order valence-corrected chi connectivity index (χ3v) is 2.75. The van der Waals surface area contributed by atoms with Gasteiger partial charge in [-0.1, -0.05) is 39.3 Å². The lowest BCUT2D eigenvalue weighted by Crippen LogP contribution is -2.28. The average molecular weight is 364 g/mol. The molecule has 0 radical (unpaired) electrons. The first-order valence-electron chi connectivity index (χ1n) is 7.50. The number of nitrogens with zero attached hydrogens (tertiary/aromatic N) is 1. The average Bonchev–Trinajstić information content (AvgIpc) is 2.61. The molecule has 0 atom stereocenters. The maximum absolute atomic E-state index is 11.5. The Morgan fingerprint density at radius 1 is 1.17 bits per heavy atom. The highest BCUT2D eigenvalue weighted by Crippen LogP contribution is 2.20. The van der Waals surface area contributed by atoms with Crippen molar-refractivity contribution >= 4 is 31.1 Å². The summed E-state index contributed by atoms with van der Waals surface area (Å²) >= 11 is 5.65. The Hall–Kier alpha value is -1.95. The number of carbonyl (C=O) groups is 3. The second kappa shape index (κ2) is 19.1. The van der Waals surface area contributed by atoms with Crippen LogP contribution in [0.25, 0.3) is 0 Å². The molecule has 0 bridgehead atoms. The van der Waals surface area contributed by atoms with E-state index in [9.17, 15) is 9.59 Å². The molecular formula is C17H30ClNO5. The highest BCUT2D eigenvalue weighted by atomic mass is 35.5. The van der Waals surface area contributed by atoms with Crippen LogP contribution in [0.5, 0.6) is 0 Å². The van der Waals surface area contributed by atoms with Crippen molar-refractivity contribution in [3.63, 3.8) is 0 Å². The second-order valence-electron chi connectivity index (χ2n) is 4.32. The normalized spacial score (nSPS) is 8.46. The van der Waals surface area contributed by atoms with Crippen LogP contribution in [0, 0.1) is 5.41 Å². The van der Waals surface area contributed by atoms with Gasteiger partial charge in [-0.15, -0.1) is 0 Å². The van der Waals surface area contributed by atoms with Gasteiger partial charge in [0.25, 0.3) is 5.56 Å². The lowest BCUT2D eigenvalue weighted by molar-refractivity contribution is -0.147. The van der Waals surface area contributed by atoms with Gasteiger partial charge in [0.15, 0.2) is 0 Å². The fraction of sp³-hybridized carbons (Fsp3) is 0.529. The smallest absolute Gasteiger partial charge is 0.309 e. The van der Waals surface area contributed by atoms with Gasteiger partial charge in [0.05, 0.1) is 5.41 Å². The van der Waals surface area contributed by atoms with Gasteiger partial charge in [0.1, 0.15) is 13.6 Å². The lowest BCUT2D eigenvalue weighted by atomic mass is 9.89. The molecule has 7 heteroatoms. The summed E-state index contributed by atoms with van der Waals surface area (Å²) in [5.74, 6) is -0.866. The molecule has 0 aliphatic rings. The van der Waals surface area contributed by atoms with Crippen molar-refractivity contribution < 1.29 is 19.5 Å². The van der Waals surface area contributed by atoms with Gasteiger partial charge in [-0.05, 0) is 26.3 Å². The molecule has 0 unspecified atom stereocenters. The van der Waals surface area contributed by atoms with E-state index in [1.54, 1.807) is 26.1 Å². The Labute approximate surface area is 149 Å². The van der Waals surface area contributed by atoms with Crippen LogP contribution in [0.1, 0.15) is 48.0 Å². The molecule has 0 aromatic carbocycles. The van der Waals surface area contributed by atoms with Gasteiger partial charge in [-0.2, -0.15) is 0 Å². The van der Waals surface area contributed by atoms with Crippen LogP contribution < -0.4 is 5.56 Å². The number of carbonyl (C=O) groups excluding carboxylic acids is 2. The number of hydrogen-bond donors (Lipinski definition) is 1. The Kier molecular flexibility index (Phi) is 23.9. The molecule has 140 valence electrons. The molecule has 0 spiro atoms. The zero-order chi connectivity index (χ0) is 20.3. The SMILES string of the molecule is C=O.C=O.CC.CC.CC(C)(CCn1ccc(Cl)cc1=O)C(=O)O. The minimum Gasteiger partial charge on any atom is -0.481 e. The molecule has 1 aromatic rings. The van der Waals surface area contributed by atoms with E-state index in [-0.39, 0.29) is 5.56 Å². The molecule has 0 aliphatic carbocycles. The Balaban J connectivity index is -0.000000218. The van der Waals surface area contributed by atoms with Gasteiger partial charge in [-0.25, -0.2) is 0 Å². The van der Waals surface area contributed by atoms with Crippen LogP contribution >= 0.6 is 11.6 Å². The third kappa shape index (κ3) is 13.7. The number of pyridine rings is 1. The largest absolute Gasteiger partial charge is 0.481 e. The summed E-state index contributed by atoms with van der Waals surface area (Å²) in [6.45, 7) is 15.6. The molecule has 0 fully saturated rings. The summed E-state index contributed by atoms with van der Waals surface area (Å²) in [5.41, 5.74) is -1.05.